The molecule has 0 aromatic heterocycles. The van der Waals surface area contributed by atoms with Crippen molar-refractivity contribution in [3.8, 4) is 5.75 Å². The van der Waals surface area contributed by atoms with Crippen molar-refractivity contribution in [2.75, 3.05) is 0 Å². The molecule has 2 aromatic carbocycles. The minimum Gasteiger partial charge on any atom is -0.489 e. The van der Waals surface area contributed by atoms with E-state index in [1.54, 1.807) is 0 Å². The van der Waals surface area contributed by atoms with Gasteiger partial charge in [0.1, 0.15) is 11.9 Å². The van der Waals surface area contributed by atoms with Gasteiger partial charge in [0.05, 0.1) is 6.10 Å². The van der Waals surface area contributed by atoms with Crippen LogP contribution >= 0.6 is 11.6 Å². The lowest BCUT2D eigenvalue weighted by atomic mass is 9.60. The van der Waals surface area contributed by atoms with Crippen molar-refractivity contribution < 1.29 is 9.84 Å². The number of halogens is 1. The smallest absolute Gasteiger partial charge is 0.127 e. The van der Waals surface area contributed by atoms with Crippen molar-refractivity contribution in [3.63, 3.8) is 0 Å². The van der Waals surface area contributed by atoms with E-state index < -0.39 is 0 Å². The van der Waals surface area contributed by atoms with Crippen molar-refractivity contribution in [2.24, 2.45) is 5.41 Å². The van der Waals surface area contributed by atoms with E-state index in [0.717, 1.165) is 34.4 Å². The van der Waals surface area contributed by atoms with E-state index in [4.69, 9.17) is 16.3 Å². The van der Waals surface area contributed by atoms with Gasteiger partial charge in [-0.1, -0.05) is 49.7 Å². The van der Waals surface area contributed by atoms with Crippen molar-refractivity contribution in [2.45, 2.75) is 45.3 Å². The summed E-state index contributed by atoms with van der Waals surface area (Å²) in [5.74, 6) is 0.859. The van der Waals surface area contributed by atoms with Crippen LogP contribution in [0.4, 0.5) is 0 Å². The van der Waals surface area contributed by atoms with Crippen molar-refractivity contribution in [1.29, 1.82) is 0 Å². The summed E-state index contributed by atoms with van der Waals surface area (Å²) in [6.07, 6.45) is 2.39. The summed E-state index contributed by atoms with van der Waals surface area (Å²) in [7, 11) is 0. The van der Waals surface area contributed by atoms with Gasteiger partial charge < -0.3 is 9.84 Å². The fraction of sp³-hybridized carbons (Fsp3) is 0.444. The molecule has 1 N–H and O–H groups in total. The summed E-state index contributed by atoms with van der Waals surface area (Å²) in [5, 5.41) is 12.9. The Bertz CT molecular complexity index is 649. The van der Waals surface area contributed by atoms with E-state index in [1.807, 2.05) is 36.4 Å². The highest BCUT2D eigenvalue weighted by molar-refractivity contribution is 6.35. The summed E-state index contributed by atoms with van der Waals surface area (Å²) in [6, 6.07) is 11.8. The molecule has 1 saturated carbocycles. The molecule has 0 bridgehead atoms. The zero-order valence-corrected chi connectivity index (χ0v) is 13.2. The molecule has 0 heterocycles. The third-order valence-electron chi connectivity index (χ3n) is 5.16. The van der Waals surface area contributed by atoms with E-state index >= 15 is 0 Å². The van der Waals surface area contributed by atoms with Gasteiger partial charge in [-0.2, -0.15) is 0 Å². The number of fused-ring (bicyclic) bond motifs is 1. The van der Waals surface area contributed by atoms with E-state index in [-0.39, 0.29) is 17.6 Å². The Kier molecular flexibility index (Phi) is 3.85. The van der Waals surface area contributed by atoms with Crippen molar-refractivity contribution in [3.05, 3.63) is 41.4 Å². The highest BCUT2D eigenvalue weighted by atomic mass is 35.5. The number of ether oxygens (including phenoxy) is 1. The Balaban J connectivity index is 1.95. The van der Waals surface area contributed by atoms with Crippen molar-refractivity contribution in [1.82, 2.24) is 0 Å². The fourth-order valence-electron chi connectivity index (χ4n) is 3.56. The SMILES string of the molecule is CCC1(CC)C(O)CC1Oc1ccc(Cl)c2ccccc12. The van der Waals surface area contributed by atoms with Gasteiger partial charge in [0.2, 0.25) is 0 Å². The number of hydrogen-bond donors (Lipinski definition) is 1. The lowest BCUT2D eigenvalue weighted by Gasteiger charge is -2.52. The number of aliphatic hydroxyl groups is 1. The molecule has 1 aliphatic rings. The van der Waals surface area contributed by atoms with Gasteiger partial charge in [0, 0.05) is 27.6 Å². The van der Waals surface area contributed by atoms with Crippen LogP contribution in [0.5, 0.6) is 5.75 Å². The van der Waals surface area contributed by atoms with Gasteiger partial charge in [-0.15, -0.1) is 0 Å². The average molecular weight is 305 g/mol. The van der Waals surface area contributed by atoms with Gasteiger partial charge in [0.15, 0.2) is 0 Å². The highest BCUT2D eigenvalue weighted by Gasteiger charge is 2.53. The molecule has 3 heteroatoms. The van der Waals surface area contributed by atoms with Crippen LogP contribution < -0.4 is 4.74 Å². The molecular formula is C18H21ClO2. The molecule has 2 unspecified atom stereocenters. The number of benzene rings is 2. The molecule has 2 aromatic rings. The van der Waals surface area contributed by atoms with E-state index in [1.165, 1.54) is 0 Å². The third-order valence-corrected chi connectivity index (χ3v) is 5.49. The van der Waals surface area contributed by atoms with E-state index in [9.17, 15) is 5.11 Å². The summed E-state index contributed by atoms with van der Waals surface area (Å²) < 4.78 is 6.27. The second kappa shape index (κ2) is 5.51. The van der Waals surface area contributed by atoms with Gasteiger partial charge in [-0.25, -0.2) is 0 Å². The van der Waals surface area contributed by atoms with Gasteiger partial charge in [-0.3, -0.25) is 0 Å². The molecule has 0 radical (unpaired) electrons. The first-order valence-corrected chi connectivity index (χ1v) is 8.02. The largest absolute Gasteiger partial charge is 0.489 e. The molecule has 2 nitrogen and oxygen atoms in total. The standard InChI is InChI=1S/C18H21ClO2/c1-3-18(4-2)16(20)11-17(18)21-15-10-9-14(19)12-7-5-6-8-13(12)15/h5-10,16-17,20H,3-4,11H2,1-2H3. The normalized spacial score (nSPS) is 23.8. The summed E-state index contributed by atoms with van der Waals surface area (Å²) in [6.45, 7) is 4.25. The maximum atomic E-state index is 10.2. The second-order valence-electron chi connectivity index (χ2n) is 5.89. The quantitative estimate of drug-likeness (QED) is 0.878. The van der Waals surface area contributed by atoms with Crippen LogP contribution in [0.2, 0.25) is 5.02 Å². The molecule has 3 rings (SSSR count). The van der Waals surface area contributed by atoms with Crippen LogP contribution in [0, 0.1) is 5.41 Å². The number of hydrogen-bond acceptors (Lipinski definition) is 2. The van der Waals surface area contributed by atoms with E-state index in [0.29, 0.717) is 6.42 Å². The molecule has 0 saturated heterocycles. The summed E-state index contributed by atoms with van der Waals surface area (Å²) in [4.78, 5) is 0. The van der Waals surface area contributed by atoms with Gasteiger partial charge in [-0.05, 0) is 25.0 Å². The van der Waals surface area contributed by atoms with Crippen LogP contribution in [0.3, 0.4) is 0 Å². The van der Waals surface area contributed by atoms with Crippen LogP contribution in [0.25, 0.3) is 10.8 Å². The summed E-state index contributed by atoms with van der Waals surface area (Å²) >= 11 is 6.25. The maximum absolute atomic E-state index is 10.2. The highest BCUT2D eigenvalue weighted by Crippen LogP contribution is 2.49. The first-order valence-electron chi connectivity index (χ1n) is 7.64. The van der Waals surface area contributed by atoms with Crippen molar-refractivity contribution >= 4 is 22.4 Å². The molecule has 1 fully saturated rings. The maximum Gasteiger partial charge on any atom is 0.127 e. The lowest BCUT2D eigenvalue weighted by Crippen LogP contribution is -2.59. The molecule has 0 spiro atoms. The zero-order chi connectivity index (χ0) is 15.0. The topological polar surface area (TPSA) is 29.5 Å². The Morgan fingerprint density at radius 2 is 1.81 bits per heavy atom. The van der Waals surface area contributed by atoms with Crippen LogP contribution in [-0.4, -0.2) is 17.3 Å². The number of rotatable bonds is 4. The van der Waals surface area contributed by atoms with Crippen LogP contribution in [0.1, 0.15) is 33.1 Å². The van der Waals surface area contributed by atoms with Crippen LogP contribution in [-0.2, 0) is 0 Å². The Morgan fingerprint density at radius 3 is 2.43 bits per heavy atom. The molecule has 112 valence electrons. The first-order chi connectivity index (χ1) is 10.1. The minimum absolute atomic E-state index is 0.0760. The zero-order valence-electron chi connectivity index (χ0n) is 12.5. The molecular weight excluding hydrogens is 284 g/mol. The summed E-state index contributed by atoms with van der Waals surface area (Å²) in [5.41, 5.74) is -0.110. The fourth-order valence-corrected chi connectivity index (χ4v) is 3.79. The third kappa shape index (κ3) is 2.21. The molecule has 0 aliphatic heterocycles. The monoisotopic (exact) mass is 304 g/mol. The Morgan fingerprint density at radius 1 is 1.14 bits per heavy atom. The predicted molar refractivity (Wildman–Crippen MR) is 87.0 cm³/mol. The molecule has 2 atom stereocenters. The Labute approximate surface area is 130 Å². The Hall–Kier alpha value is -1.25. The molecule has 1 aliphatic carbocycles. The van der Waals surface area contributed by atoms with Gasteiger partial charge in [0.25, 0.3) is 0 Å². The molecule has 0 amide bonds. The first kappa shape index (κ1) is 14.7. The predicted octanol–water partition coefficient (Wildman–Crippen LogP) is 4.81. The number of aliphatic hydroxyl groups excluding tert-OH is 1. The lowest BCUT2D eigenvalue weighted by molar-refractivity contribution is -0.159. The molecule has 21 heavy (non-hydrogen) atoms. The minimum atomic E-state index is -0.254. The average Bonchev–Trinajstić information content (AvgIpc) is 2.51. The van der Waals surface area contributed by atoms with Gasteiger partial charge >= 0.3 is 0 Å². The van der Waals surface area contributed by atoms with E-state index in [2.05, 4.69) is 13.8 Å². The van der Waals surface area contributed by atoms with Crippen LogP contribution in [0.15, 0.2) is 36.4 Å². The second-order valence-corrected chi connectivity index (χ2v) is 6.30.